The van der Waals surface area contributed by atoms with Gasteiger partial charge in [0.05, 0.1) is 25.7 Å². The Morgan fingerprint density at radius 3 is 2.60 bits per heavy atom. The summed E-state index contributed by atoms with van der Waals surface area (Å²) in [5, 5.41) is 3.22. The zero-order chi connectivity index (χ0) is 14.5. The summed E-state index contributed by atoms with van der Waals surface area (Å²) >= 11 is 0. The van der Waals surface area contributed by atoms with Gasteiger partial charge in [0, 0.05) is 19.1 Å². The SMILES string of the molecule is CC(C)N1C(=O)CC(NCCCN2CCOCC2)C1=O. The molecule has 2 fully saturated rings. The van der Waals surface area contributed by atoms with Gasteiger partial charge in [-0.3, -0.25) is 19.4 Å². The average Bonchev–Trinajstić information content (AvgIpc) is 2.71. The first kappa shape index (κ1) is 15.4. The minimum atomic E-state index is -0.324. The molecule has 2 aliphatic rings. The number of amides is 2. The number of hydrogen-bond acceptors (Lipinski definition) is 5. The first-order chi connectivity index (χ1) is 9.59. The predicted molar refractivity (Wildman–Crippen MR) is 75.3 cm³/mol. The van der Waals surface area contributed by atoms with Gasteiger partial charge < -0.3 is 10.1 Å². The van der Waals surface area contributed by atoms with Crippen molar-refractivity contribution in [2.24, 2.45) is 0 Å². The Balaban J connectivity index is 1.67. The second-order valence-electron chi connectivity index (χ2n) is 5.71. The van der Waals surface area contributed by atoms with Crippen molar-refractivity contribution in [2.75, 3.05) is 39.4 Å². The number of carbonyl (C=O) groups excluding carboxylic acids is 2. The third-order valence-corrected chi connectivity index (χ3v) is 3.84. The highest BCUT2D eigenvalue weighted by molar-refractivity contribution is 6.05. The molecule has 1 unspecified atom stereocenters. The molecule has 0 bridgehead atoms. The van der Waals surface area contributed by atoms with Crippen LogP contribution in [0.2, 0.25) is 0 Å². The Hall–Kier alpha value is -0.980. The molecule has 2 heterocycles. The van der Waals surface area contributed by atoms with Crippen LogP contribution in [-0.4, -0.2) is 73.1 Å². The molecule has 2 amide bonds. The number of morpholine rings is 1. The van der Waals surface area contributed by atoms with Crippen LogP contribution < -0.4 is 5.32 Å². The maximum Gasteiger partial charge on any atom is 0.247 e. The number of rotatable bonds is 6. The van der Waals surface area contributed by atoms with Crippen molar-refractivity contribution >= 4 is 11.8 Å². The van der Waals surface area contributed by atoms with Crippen LogP contribution in [-0.2, 0) is 14.3 Å². The molecule has 1 atom stereocenters. The number of hydrogen-bond donors (Lipinski definition) is 1. The summed E-state index contributed by atoms with van der Waals surface area (Å²) in [5.74, 6) is -0.132. The van der Waals surface area contributed by atoms with Gasteiger partial charge in [-0.05, 0) is 33.4 Å². The van der Waals surface area contributed by atoms with E-state index in [1.165, 1.54) is 4.90 Å². The van der Waals surface area contributed by atoms with Crippen LogP contribution in [0.5, 0.6) is 0 Å². The lowest BCUT2D eigenvalue weighted by Crippen LogP contribution is -2.43. The van der Waals surface area contributed by atoms with Gasteiger partial charge in [-0.2, -0.15) is 0 Å². The monoisotopic (exact) mass is 283 g/mol. The minimum absolute atomic E-state index is 0.0462. The van der Waals surface area contributed by atoms with Crippen molar-refractivity contribution in [3.8, 4) is 0 Å². The van der Waals surface area contributed by atoms with Crippen LogP contribution in [0.3, 0.4) is 0 Å². The number of carbonyl (C=O) groups is 2. The lowest BCUT2D eigenvalue weighted by Gasteiger charge is -2.26. The lowest BCUT2D eigenvalue weighted by atomic mass is 10.2. The molecule has 0 radical (unpaired) electrons. The van der Waals surface area contributed by atoms with E-state index in [9.17, 15) is 9.59 Å². The van der Waals surface area contributed by atoms with Gasteiger partial charge in [-0.25, -0.2) is 0 Å². The van der Waals surface area contributed by atoms with Crippen LogP contribution in [0, 0.1) is 0 Å². The van der Waals surface area contributed by atoms with Gasteiger partial charge in [-0.1, -0.05) is 0 Å². The van der Waals surface area contributed by atoms with Crippen LogP contribution in [0.15, 0.2) is 0 Å². The van der Waals surface area contributed by atoms with Crippen molar-refractivity contribution in [3.63, 3.8) is 0 Å². The van der Waals surface area contributed by atoms with E-state index in [1.54, 1.807) is 0 Å². The standard InChI is InChI=1S/C14H25N3O3/c1-11(2)17-13(18)10-12(14(17)19)15-4-3-5-16-6-8-20-9-7-16/h11-12,15H,3-10H2,1-2H3. The van der Waals surface area contributed by atoms with E-state index >= 15 is 0 Å². The Morgan fingerprint density at radius 2 is 2.00 bits per heavy atom. The van der Waals surface area contributed by atoms with Gasteiger partial charge in [-0.15, -0.1) is 0 Å². The van der Waals surface area contributed by atoms with Gasteiger partial charge in [0.1, 0.15) is 0 Å². The number of nitrogens with one attached hydrogen (secondary N) is 1. The van der Waals surface area contributed by atoms with Crippen LogP contribution in [0.4, 0.5) is 0 Å². The molecule has 2 aliphatic heterocycles. The van der Waals surface area contributed by atoms with E-state index in [2.05, 4.69) is 10.2 Å². The molecule has 6 nitrogen and oxygen atoms in total. The summed E-state index contributed by atoms with van der Waals surface area (Å²) in [7, 11) is 0. The fraction of sp³-hybridized carbons (Fsp3) is 0.857. The second kappa shape index (κ2) is 7.15. The molecule has 0 aromatic heterocycles. The van der Waals surface area contributed by atoms with Crippen molar-refractivity contribution in [1.29, 1.82) is 0 Å². The molecule has 2 rings (SSSR count). The summed E-state index contributed by atoms with van der Waals surface area (Å²) in [4.78, 5) is 27.6. The lowest BCUT2D eigenvalue weighted by molar-refractivity contribution is -0.140. The molecule has 114 valence electrons. The van der Waals surface area contributed by atoms with E-state index in [4.69, 9.17) is 4.74 Å². The molecule has 6 heteroatoms. The van der Waals surface area contributed by atoms with Gasteiger partial charge in [0.15, 0.2) is 0 Å². The molecule has 0 aromatic carbocycles. The fourth-order valence-corrected chi connectivity index (χ4v) is 2.76. The molecule has 2 saturated heterocycles. The van der Waals surface area contributed by atoms with Crippen LogP contribution in [0.1, 0.15) is 26.7 Å². The van der Waals surface area contributed by atoms with E-state index in [0.29, 0.717) is 6.42 Å². The molecule has 0 aromatic rings. The number of nitrogens with zero attached hydrogens (tertiary/aromatic N) is 2. The maximum atomic E-state index is 12.1. The average molecular weight is 283 g/mol. The first-order valence-electron chi connectivity index (χ1n) is 7.49. The number of likely N-dealkylation sites (tertiary alicyclic amines) is 1. The number of ether oxygens (including phenoxy) is 1. The van der Waals surface area contributed by atoms with Crippen molar-refractivity contribution in [1.82, 2.24) is 15.1 Å². The van der Waals surface area contributed by atoms with E-state index in [0.717, 1.165) is 45.8 Å². The Morgan fingerprint density at radius 1 is 1.30 bits per heavy atom. The summed E-state index contributed by atoms with van der Waals surface area (Å²) in [6.07, 6.45) is 1.29. The molecule has 0 saturated carbocycles. The predicted octanol–water partition coefficient (Wildman–Crippen LogP) is -0.166. The third-order valence-electron chi connectivity index (χ3n) is 3.84. The van der Waals surface area contributed by atoms with Crippen molar-refractivity contribution < 1.29 is 14.3 Å². The molecular weight excluding hydrogens is 258 g/mol. The van der Waals surface area contributed by atoms with E-state index < -0.39 is 0 Å². The Bertz CT molecular complexity index is 354. The van der Waals surface area contributed by atoms with Crippen LogP contribution >= 0.6 is 0 Å². The molecule has 0 spiro atoms. The molecule has 0 aliphatic carbocycles. The number of imide groups is 1. The smallest absolute Gasteiger partial charge is 0.247 e. The molecule has 20 heavy (non-hydrogen) atoms. The summed E-state index contributed by atoms with van der Waals surface area (Å²) in [5.41, 5.74) is 0. The summed E-state index contributed by atoms with van der Waals surface area (Å²) in [6.45, 7) is 9.13. The summed E-state index contributed by atoms with van der Waals surface area (Å²) in [6, 6.07) is -0.371. The second-order valence-corrected chi connectivity index (χ2v) is 5.71. The first-order valence-corrected chi connectivity index (χ1v) is 7.49. The highest BCUT2D eigenvalue weighted by atomic mass is 16.5. The highest BCUT2D eigenvalue weighted by Gasteiger charge is 2.39. The largest absolute Gasteiger partial charge is 0.379 e. The molecular formula is C14H25N3O3. The normalized spacial score (nSPS) is 24.9. The zero-order valence-corrected chi connectivity index (χ0v) is 12.4. The third kappa shape index (κ3) is 3.77. The molecule has 1 N–H and O–H groups in total. The summed E-state index contributed by atoms with van der Waals surface area (Å²) < 4.78 is 5.30. The Kier molecular flexibility index (Phi) is 5.51. The van der Waals surface area contributed by atoms with Gasteiger partial charge in [0.2, 0.25) is 11.8 Å². The van der Waals surface area contributed by atoms with Crippen LogP contribution in [0.25, 0.3) is 0 Å². The van der Waals surface area contributed by atoms with Crippen molar-refractivity contribution in [3.05, 3.63) is 0 Å². The van der Waals surface area contributed by atoms with Gasteiger partial charge in [0.25, 0.3) is 0 Å². The zero-order valence-electron chi connectivity index (χ0n) is 12.4. The van der Waals surface area contributed by atoms with E-state index in [1.807, 2.05) is 13.8 Å². The maximum absolute atomic E-state index is 12.1. The Labute approximate surface area is 120 Å². The highest BCUT2D eigenvalue weighted by Crippen LogP contribution is 2.16. The minimum Gasteiger partial charge on any atom is -0.379 e. The van der Waals surface area contributed by atoms with E-state index in [-0.39, 0.29) is 23.9 Å². The van der Waals surface area contributed by atoms with Gasteiger partial charge >= 0.3 is 0 Å². The fourth-order valence-electron chi connectivity index (χ4n) is 2.76. The topological polar surface area (TPSA) is 61.9 Å². The quantitative estimate of drug-likeness (QED) is 0.542. The van der Waals surface area contributed by atoms with Crippen molar-refractivity contribution in [2.45, 2.75) is 38.8 Å².